The molecule has 1 aliphatic carbocycles. The van der Waals surface area contributed by atoms with Crippen molar-refractivity contribution in [2.24, 2.45) is 0 Å². The Morgan fingerprint density at radius 3 is 2.41 bits per heavy atom. The van der Waals surface area contributed by atoms with Crippen molar-refractivity contribution in [2.75, 3.05) is 19.6 Å². The molecule has 150 valence electrons. The number of amides is 2. The first-order valence-electron chi connectivity index (χ1n) is 9.79. The minimum atomic E-state index is -0.897. The average Bonchev–Trinajstić information content (AvgIpc) is 2.91. The highest BCUT2D eigenvalue weighted by molar-refractivity contribution is 5.94. The van der Waals surface area contributed by atoms with Gasteiger partial charge in [-0.15, -0.1) is 0 Å². The second kappa shape index (κ2) is 11.6. The summed E-state index contributed by atoms with van der Waals surface area (Å²) in [6.45, 7) is 1.60. The molecule has 2 rings (SSSR count). The molecule has 5 nitrogen and oxygen atoms in total. The van der Waals surface area contributed by atoms with E-state index in [1.807, 2.05) is 0 Å². The van der Waals surface area contributed by atoms with Crippen molar-refractivity contribution in [3.8, 4) is 0 Å². The van der Waals surface area contributed by atoms with Crippen LogP contribution in [0.25, 0.3) is 0 Å². The maximum Gasteiger partial charge on any atom is 0.254 e. The van der Waals surface area contributed by atoms with Crippen LogP contribution in [0.2, 0.25) is 0 Å². The Hall–Kier alpha value is -2.02. The Balaban J connectivity index is 1.53. The molecular weight excluding hydrogens is 352 g/mol. The van der Waals surface area contributed by atoms with E-state index >= 15 is 0 Å². The fourth-order valence-electron chi connectivity index (χ4n) is 3.27. The Labute approximate surface area is 159 Å². The molecule has 0 radical (unpaired) electrons. The van der Waals surface area contributed by atoms with Gasteiger partial charge >= 0.3 is 0 Å². The SMILES string of the molecule is O=C(CCCNC(=O)c1ccc(F)cc1F)NCCNC1CCCCCC1. The third-order valence-corrected chi connectivity index (χ3v) is 4.78. The van der Waals surface area contributed by atoms with Gasteiger partial charge in [0.2, 0.25) is 5.91 Å². The largest absolute Gasteiger partial charge is 0.355 e. The van der Waals surface area contributed by atoms with Gasteiger partial charge in [0.1, 0.15) is 11.6 Å². The van der Waals surface area contributed by atoms with Gasteiger partial charge in [-0.2, -0.15) is 0 Å². The normalized spacial score (nSPS) is 15.2. The molecule has 1 aliphatic rings. The number of halogens is 2. The molecule has 0 aromatic heterocycles. The lowest BCUT2D eigenvalue weighted by molar-refractivity contribution is -0.121. The predicted molar refractivity (Wildman–Crippen MR) is 100 cm³/mol. The van der Waals surface area contributed by atoms with E-state index < -0.39 is 17.5 Å². The maximum absolute atomic E-state index is 13.5. The molecule has 1 saturated carbocycles. The van der Waals surface area contributed by atoms with Crippen molar-refractivity contribution in [1.82, 2.24) is 16.0 Å². The van der Waals surface area contributed by atoms with Crippen molar-refractivity contribution in [3.05, 3.63) is 35.4 Å². The third kappa shape index (κ3) is 8.03. The summed E-state index contributed by atoms with van der Waals surface area (Å²) in [4.78, 5) is 23.6. The van der Waals surface area contributed by atoms with Crippen LogP contribution >= 0.6 is 0 Å². The molecule has 0 unspecified atom stereocenters. The summed E-state index contributed by atoms with van der Waals surface area (Å²) in [6.07, 6.45) is 8.35. The van der Waals surface area contributed by atoms with Crippen molar-refractivity contribution >= 4 is 11.8 Å². The molecule has 0 spiro atoms. The Kier molecular flexibility index (Phi) is 9.18. The predicted octanol–water partition coefficient (Wildman–Crippen LogP) is 2.90. The summed E-state index contributed by atoms with van der Waals surface area (Å²) in [5.74, 6) is -2.30. The fraction of sp³-hybridized carbons (Fsp3) is 0.600. The number of hydrogen-bond acceptors (Lipinski definition) is 3. The van der Waals surface area contributed by atoms with E-state index in [4.69, 9.17) is 0 Å². The van der Waals surface area contributed by atoms with E-state index in [1.54, 1.807) is 0 Å². The molecule has 0 aliphatic heterocycles. The maximum atomic E-state index is 13.5. The van der Waals surface area contributed by atoms with Gasteiger partial charge in [-0.05, 0) is 31.4 Å². The molecule has 1 fully saturated rings. The Morgan fingerprint density at radius 2 is 1.70 bits per heavy atom. The van der Waals surface area contributed by atoms with E-state index in [1.165, 1.54) is 38.5 Å². The fourth-order valence-corrected chi connectivity index (χ4v) is 3.27. The van der Waals surface area contributed by atoms with E-state index in [0.717, 1.165) is 18.7 Å². The molecular formula is C20H29F2N3O2. The van der Waals surface area contributed by atoms with Gasteiger partial charge in [0, 0.05) is 38.2 Å². The topological polar surface area (TPSA) is 70.2 Å². The lowest BCUT2D eigenvalue weighted by atomic mass is 10.1. The Bertz CT molecular complexity index is 617. The van der Waals surface area contributed by atoms with Crippen molar-refractivity contribution in [3.63, 3.8) is 0 Å². The van der Waals surface area contributed by atoms with E-state index in [0.29, 0.717) is 25.1 Å². The molecule has 1 aromatic rings. The Morgan fingerprint density at radius 1 is 0.963 bits per heavy atom. The summed E-state index contributed by atoms with van der Waals surface area (Å²) in [7, 11) is 0. The lowest BCUT2D eigenvalue weighted by Crippen LogP contribution is -2.37. The second-order valence-electron chi connectivity index (χ2n) is 6.98. The second-order valence-corrected chi connectivity index (χ2v) is 6.98. The van der Waals surface area contributed by atoms with Gasteiger partial charge in [0.05, 0.1) is 5.56 Å². The summed E-state index contributed by atoms with van der Waals surface area (Å²) in [5, 5.41) is 8.89. The lowest BCUT2D eigenvalue weighted by Gasteiger charge is -2.16. The minimum Gasteiger partial charge on any atom is -0.355 e. The number of benzene rings is 1. The number of carbonyl (C=O) groups excluding carboxylic acids is 2. The first-order chi connectivity index (χ1) is 13.1. The zero-order valence-electron chi connectivity index (χ0n) is 15.7. The van der Waals surface area contributed by atoms with Crippen molar-refractivity contribution in [1.29, 1.82) is 0 Å². The summed E-state index contributed by atoms with van der Waals surface area (Å²) >= 11 is 0. The summed E-state index contributed by atoms with van der Waals surface area (Å²) < 4.78 is 26.3. The third-order valence-electron chi connectivity index (χ3n) is 4.78. The smallest absolute Gasteiger partial charge is 0.254 e. The van der Waals surface area contributed by atoms with Crippen LogP contribution < -0.4 is 16.0 Å². The van der Waals surface area contributed by atoms with Gasteiger partial charge in [-0.1, -0.05) is 25.7 Å². The number of rotatable bonds is 9. The molecule has 27 heavy (non-hydrogen) atoms. The first-order valence-corrected chi connectivity index (χ1v) is 9.79. The van der Waals surface area contributed by atoms with Crippen LogP contribution in [0, 0.1) is 11.6 Å². The molecule has 1 aromatic carbocycles. The molecule has 0 atom stereocenters. The van der Waals surface area contributed by atoms with Gasteiger partial charge in [-0.25, -0.2) is 8.78 Å². The van der Waals surface area contributed by atoms with Gasteiger partial charge < -0.3 is 16.0 Å². The van der Waals surface area contributed by atoms with E-state index in [2.05, 4.69) is 16.0 Å². The molecule has 0 bridgehead atoms. The highest BCUT2D eigenvalue weighted by Gasteiger charge is 2.13. The van der Waals surface area contributed by atoms with Crippen LogP contribution in [0.1, 0.15) is 61.7 Å². The van der Waals surface area contributed by atoms with Crippen molar-refractivity contribution < 1.29 is 18.4 Å². The number of hydrogen-bond donors (Lipinski definition) is 3. The van der Waals surface area contributed by atoms with Crippen LogP contribution in [0.4, 0.5) is 8.78 Å². The van der Waals surface area contributed by atoms with Gasteiger partial charge in [0.15, 0.2) is 0 Å². The van der Waals surface area contributed by atoms with E-state index in [9.17, 15) is 18.4 Å². The molecule has 3 N–H and O–H groups in total. The standard InChI is InChI=1S/C20H29F2N3O2/c21-15-9-10-17(18(22)14-15)20(27)25-11-5-8-19(26)24-13-12-23-16-6-3-1-2-4-7-16/h9-10,14,16,23H,1-8,11-13H2,(H,24,26)(H,25,27). The molecule has 0 saturated heterocycles. The zero-order valence-corrected chi connectivity index (χ0v) is 15.7. The average molecular weight is 381 g/mol. The van der Waals surface area contributed by atoms with Crippen LogP contribution in [0.15, 0.2) is 18.2 Å². The van der Waals surface area contributed by atoms with Gasteiger partial charge in [0.25, 0.3) is 5.91 Å². The highest BCUT2D eigenvalue weighted by atomic mass is 19.1. The minimum absolute atomic E-state index is 0.0696. The van der Waals surface area contributed by atoms with E-state index in [-0.39, 0.29) is 24.4 Å². The van der Waals surface area contributed by atoms with Gasteiger partial charge in [-0.3, -0.25) is 9.59 Å². The van der Waals surface area contributed by atoms with Crippen molar-refractivity contribution in [2.45, 2.75) is 57.4 Å². The molecule has 7 heteroatoms. The van der Waals surface area contributed by atoms with Crippen LogP contribution in [0.5, 0.6) is 0 Å². The highest BCUT2D eigenvalue weighted by Crippen LogP contribution is 2.16. The monoisotopic (exact) mass is 381 g/mol. The zero-order chi connectivity index (χ0) is 19.5. The number of carbonyl (C=O) groups is 2. The van der Waals surface area contributed by atoms with Crippen LogP contribution in [0.3, 0.4) is 0 Å². The first kappa shape index (κ1) is 21.3. The molecule has 0 heterocycles. The summed E-state index contributed by atoms with van der Waals surface area (Å²) in [6, 6.07) is 3.38. The van der Waals surface area contributed by atoms with Crippen LogP contribution in [-0.4, -0.2) is 37.5 Å². The van der Waals surface area contributed by atoms with Crippen LogP contribution in [-0.2, 0) is 4.79 Å². The molecule has 2 amide bonds. The summed E-state index contributed by atoms with van der Waals surface area (Å²) in [5.41, 5.74) is -0.203. The quantitative estimate of drug-likeness (QED) is 0.455. The number of nitrogens with one attached hydrogen (secondary N) is 3.